The Hall–Kier alpha value is -1.66. The zero-order valence-corrected chi connectivity index (χ0v) is 12.6. The summed E-state index contributed by atoms with van der Waals surface area (Å²) in [4.78, 5) is 14.7. The molecule has 1 aromatic carbocycles. The number of aromatic nitrogens is 1. The first-order valence-corrected chi connectivity index (χ1v) is 6.67. The minimum Gasteiger partial charge on any atom is -0.478 e. The van der Waals surface area contributed by atoms with Crippen molar-refractivity contribution in [2.75, 3.05) is 5.32 Å². The number of pyridine rings is 1. The van der Waals surface area contributed by atoms with Gasteiger partial charge in [-0.3, -0.25) is 0 Å². The summed E-state index contributed by atoms with van der Waals surface area (Å²) in [5, 5.41) is 12.1. The van der Waals surface area contributed by atoms with Crippen LogP contribution in [0.5, 0.6) is 0 Å². The van der Waals surface area contributed by atoms with E-state index in [2.05, 4.69) is 26.2 Å². The number of hydrogen-bond donors (Lipinski definition) is 2. The standard InChI is InChI=1S/C13H9BrClFN2O2/c1-6-4-8(14)10(5-9(6)15)18-12-11(16)7(13(19)20)2-3-17-12/h2-5H,1H3,(H,17,18)(H,19,20). The molecule has 0 amide bonds. The highest BCUT2D eigenvalue weighted by molar-refractivity contribution is 9.10. The van der Waals surface area contributed by atoms with Gasteiger partial charge in [0.2, 0.25) is 0 Å². The smallest absolute Gasteiger partial charge is 0.338 e. The van der Waals surface area contributed by atoms with E-state index >= 15 is 0 Å². The average molecular weight is 360 g/mol. The first kappa shape index (κ1) is 14.7. The number of benzene rings is 1. The number of carboxylic acid groups (broad SMARTS) is 1. The molecule has 104 valence electrons. The van der Waals surface area contributed by atoms with Crippen molar-refractivity contribution in [1.82, 2.24) is 4.98 Å². The number of anilines is 2. The minimum absolute atomic E-state index is 0.175. The van der Waals surface area contributed by atoms with E-state index < -0.39 is 17.3 Å². The second kappa shape index (κ2) is 5.76. The lowest BCUT2D eigenvalue weighted by atomic mass is 10.2. The van der Waals surface area contributed by atoms with Gasteiger partial charge in [-0.15, -0.1) is 0 Å². The molecule has 0 aliphatic rings. The van der Waals surface area contributed by atoms with Crippen LogP contribution in [-0.4, -0.2) is 16.1 Å². The fourth-order valence-electron chi connectivity index (χ4n) is 1.57. The topological polar surface area (TPSA) is 62.2 Å². The number of rotatable bonds is 3. The van der Waals surface area contributed by atoms with Crippen molar-refractivity contribution >= 4 is 45.0 Å². The van der Waals surface area contributed by atoms with Gasteiger partial charge < -0.3 is 10.4 Å². The Morgan fingerprint density at radius 3 is 2.85 bits per heavy atom. The molecular weight excluding hydrogens is 351 g/mol. The van der Waals surface area contributed by atoms with E-state index in [1.54, 1.807) is 12.1 Å². The molecule has 20 heavy (non-hydrogen) atoms. The number of nitrogens with one attached hydrogen (secondary N) is 1. The summed E-state index contributed by atoms with van der Waals surface area (Å²) in [6, 6.07) is 4.47. The number of aromatic carboxylic acids is 1. The van der Waals surface area contributed by atoms with Crippen LogP contribution in [0.15, 0.2) is 28.9 Å². The van der Waals surface area contributed by atoms with Gasteiger partial charge >= 0.3 is 5.97 Å². The van der Waals surface area contributed by atoms with E-state index in [1.807, 2.05) is 6.92 Å². The van der Waals surface area contributed by atoms with Crippen LogP contribution in [0.4, 0.5) is 15.9 Å². The van der Waals surface area contributed by atoms with Crippen LogP contribution in [0.1, 0.15) is 15.9 Å². The maximum absolute atomic E-state index is 14.0. The molecule has 0 fully saturated rings. The third-order valence-corrected chi connectivity index (χ3v) is 3.68. The van der Waals surface area contributed by atoms with Gasteiger partial charge in [-0.2, -0.15) is 0 Å². The lowest BCUT2D eigenvalue weighted by molar-refractivity contribution is 0.0692. The van der Waals surface area contributed by atoms with Crippen LogP contribution in [-0.2, 0) is 0 Å². The highest BCUT2D eigenvalue weighted by Gasteiger charge is 2.16. The van der Waals surface area contributed by atoms with Crippen LogP contribution in [0.25, 0.3) is 0 Å². The molecule has 2 N–H and O–H groups in total. The lowest BCUT2D eigenvalue weighted by Gasteiger charge is -2.11. The normalized spacial score (nSPS) is 10.4. The average Bonchev–Trinajstić information content (AvgIpc) is 2.37. The highest BCUT2D eigenvalue weighted by atomic mass is 79.9. The number of aryl methyl sites for hydroxylation is 1. The zero-order valence-electron chi connectivity index (χ0n) is 10.2. The highest BCUT2D eigenvalue weighted by Crippen LogP contribution is 2.31. The molecule has 0 spiro atoms. The molecule has 2 rings (SSSR count). The van der Waals surface area contributed by atoms with Gasteiger partial charge in [0.1, 0.15) is 5.56 Å². The van der Waals surface area contributed by atoms with Crippen molar-refractivity contribution in [3.05, 3.63) is 50.8 Å². The summed E-state index contributed by atoms with van der Waals surface area (Å²) in [5.41, 5.74) is 0.906. The van der Waals surface area contributed by atoms with Gasteiger partial charge in [-0.1, -0.05) is 11.6 Å². The Morgan fingerprint density at radius 2 is 2.20 bits per heavy atom. The molecule has 4 nitrogen and oxygen atoms in total. The van der Waals surface area contributed by atoms with Gasteiger partial charge in [0, 0.05) is 15.7 Å². The number of carbonyl (C=O) groups is 1. The molecule has 0 aliphatic carbocycles. The summed E-state index contributed by atoms with van der Waals surface area (Å²) in [6.45, 7) is 1.83. The largest absolute Gasteiger partial charge is 0.478 e. The summed E-state index contributed by atoms with van der Waals surface area (Å²) in [5.74, 6) is -2.46. The summed E-state index contributed by atoms with van der Waals surface area (Å²) in [7, 11) is 0. The van der Waals surface area contributed by atoms with E-state index in [4.69, 9.17) is 16.7 Å². The molecule has 0 unspecified atom stereocenters. The summed E-state index contributed by atoms with van der Waals surface area (Å²) in [6.07, 6.45) is 1.22. The van der Waals surface area contributed by atoms with Gasteiger partial charge in [0.25, 0.3) is 0 Å². The number of carboxylic acids is 1. The van der Waals surface area contributed by atoms with Crippen LogP contribution in [0.3, 0.4) is 0 Å². The SMILES string of the molecule is Cc1cc(Br)c(Nc2nccc(C(=O)O)c2F)cc1Cl. The zero-order chi connectivity index (χ0) is 14.9. The molecular formula is C13H9BrClFN2O2. The third-order valence-electron chi connectivity index (χ3n) is 2.62. The quantitative estimate of drug-likeness (QED) is 0.853. The Kier molecular flexibility index (Phi) is 4.25. The van der Waals surface area contributed by atoms with Crippen LogP contribution in [0, 0.1) is 12.7 Å². The molecule has 7 heteroatoms. The van der Waals surface area contributed by atoms with Crippen molar-refractivity contribution in [3.63, 3.8) is 0 Å². The van der Waals surface area contributed by atoms with E-state index in [-0.39, 0.29) is 5.82 Å². The van der Waals surface area contributed by atoms with Gasteiger partial charge in [0.05, 0.1) is 5.69 Å². The second-order valence-electron chi connectivity index (χ2n) is 4.03. The Morgan fingerprint density at radius 1 is 1.50 bits per heavy atom. The fraction of sp³-hybridized carbons (Fsp3) is 0.0769. The molecule has 0 bridgehead atoms. The van der Waals surface area contributed by atoms with Gasteiger partial charge in [-0.05, 0) is 46.6 Å². The van der Waals surface area contributed by atoms with Crippen molar-refractivity contribution in [3.8, 4) is 0 Å². The Labute approximate surface area is 127 Å². The molecule has 0 aliphatic heterocycles. The lowest BCUT2D eigenvalue weighted by Crippen LogP contribution is -2.06. The third kappa shape index (κ3) is 2.91. The molecule has 1 aromatic heterocycles. The summed E-state index contributed by atoms with van der Waals surface area (Å²) < 4.78 is 14.6. The maximum Gasteiger partial charge on any atom is 0.338 e. The number of hydrogen-bond acceptors (Lipinski definition) is 3. The maximum atomic E-state index is 14.0. The van der Waals surface area contributed by atoms with Crippen molar-refractivity contribution < 1.29 is 14.3 Å². The van der Waals surface area contributed by atoms with Crippen LogP contribution >= 0.6 is 27.5 Å². The molecule has 0 saturated heterocycles. The van der Waals surface area contributed by atoms with Crippen molar-refractivity contribution in [2.45, 2.75) is 6.92 Å². The van der Waals surface area contributed by atoms with Crippen LogP contribution < -0.4 is 5.32 Å². The number of halogens is 3. The van der Waals surface area contributed by atoms with Crippen molar-refractivity contribution in [2.24, 2.45) is 0 Å². The predicted octanol–water partition coefficient (Wildman–Crippen LogP) is 4.39. The molecule has 0 saturated carbocycles. The molecule has 2 aromatic rings. The molecule has 1 heterocycles. The minimum atomic E-state index is -1.35. The first-order chi connectivity index (χ1) is 9.40. The molecule has 0 atom stereocenters. The van der Waals surface area contributed by atoms with Crippen LogP contribution in [0.2, 0.25) is 5.02 Å². The Balaban J connectivity index is 2.43. The second-order valence-corrected chi connectivity index (χ2v) is 5.29. The van der Waals surface area contributed by atoms with E-state index in [0.29, 0.717) is 15.2 Å². The predicted molar refractivity (Wildman–Crippen MR) is 78.3 cm³/mol. The molecule has 0 radical (unpaired) electrons. The fourth-order valence-corrected chi connectivity index (χ4v) is 2.29. The first-order valence-electron chi connectivity index (χ1n) is 5.50. The number of nitrogens with zero attached hydrogens (tertiary/aromatic N) is 1. The Bertz CT molecular complexity index is 694. The van der Waals surface area contributed by atoms with E-state index in [0.717, 1.165) is 11.6 Å². The van der Waals surface area contributed by atoms with Crippen molar-refractivity contribution in [1.29, 1.82) is 0 Å². The monoisotopic (exact) mass is 358 g/mol. The summed E-state index contributed by atoms with van der Waals surface area (Å²) >= 11 is 9.33. The van der Waals surface area contributed by atoms with Gasteiger partial charge in [-0.25, -0.2) is 14.2 Å². The van der Waals surface area contributed by atoms with E-state index in [9.17, 15) is 9.18 Å². The van der Waals surface area contributed by atoms with E-state index in [1.165, 1.54) is 6.20 Å². The van der Waals surface area contributed by atoms with Gasteiger partial charge in [0.15, 0.2) is 11.6 Å².